The molecule has 1 aromatic rings. The van der Waals surface area contributed by atoms with Gasteiger partial charge in [0.2, 0.25) is 0 Å². The Kier molecular flexibility index (Phi) is 3.55. The first-order valence-corrected chi connectivity index (χ1v) is 7.73. The largest absolute Gasteiger partial charge is 0.480 e. The first-order valence-electron chi connectivity index (χ1n) is 7.73. The molecule has 0 saturated carbocycles. The molecule has 3 nitrogen and oxygen atoms in total. The molecule has 1 aromatic carbocycles. The Bertz CT molecular complexity index is 518. The van der Waals surface area contributed by atoms with Gasteiger partial charge in [0.1, 0.15) is 5.54 Å². The Balaban J connectivity index is 2.06. The molecule has 1 aliphatic heterocycles. The number of aliphatic carboxylic acids is 1. The first-order chi connectivity index (χ1) is 9.64. The molecule has 3 rings (SSSR count). The molecular weight excluding hydrogens is 250 g/mol. The number of carbonyl (C=O) groups is 1. The Hall–Kier alpha value is -1.35. The maximum absolute atomic E-state index is 12.2. The molecular formula is C17H23NO2. The van der Waals surface area contributed by atoms with E-state index >= 15 is 0 Å². The maximum atomic E-state index is 12.2. The SMILES string of the molecule is Cc1ccc2c(c1)C(C(=O)O)(N1CCCCCC1)CC2. The molecule has 2 aliphatic rings. The molecule has 1 fully saturated rings. The van der Waals surface area contributed by atoms with Gasteiger partial charge in [0.25, 0.3) is 0 Å². The molecule has 1 aliphatic carbocycles. The predicted molar refractivity (Wildman–Crippen MR) is 78.9 cm³/mol. The van der Waals surface area contributed by atoms with E-state index < -0.39 is 11.5 Å². The standard InChI is InChI=1S/C17H23NO2/c1-13-6-7-14-8-9-17(16(19)20,15(14)12-13)18-10-4-2-3-5-11-18/h6-7,12H,2-5,8-11H2,1H3,(H,19,20). The summed E-state index contributed by atoms with van der Waals surface area (Å²) in [5, 5.41) is 10.0. The van der Waals surface area contributed by atoms with E-state index in [-0.39, 0.29) is 0 Å². The molecule has 0 aromatic heterocycles. The lowest BCUT2D eigenvalue weighted by molar-refractivity contribution is -0.152. The molecule has 108 valence electrons. The smallest absolute Gasteiger partial charge is 0.328 e. The highest BCUT2D eigenvalue weighted by Crippen LogP contribution is 2.43. The third-order valence-electron chi connectivity index (χ3n) is 4.97. The quantitative estimate of drug-likeness (QED) is 0.900. The zero-order valence-electron chi connectivity index (χ0n) is 12.2. The molecule has 0 amide bonds. The summed E-state index contributed by atoms with van der Waals surface area (Å²) in [6.07, 6.45) is 6.31. The van der Waals surface area contributed by atoms with E-state index in [2.05, 4.69) is 23.1 Å². The molecule has 0 bridgehead atoms. The van der Waals surface area contributed by atoms with Crippen molar-refractivity contribution < 1.29 is 9.90 Å². The van der Waals surface area contributed by atoms with Gasteiger partial charge in [0.15, 0.2) is 0 Å². The second kappa shape index (κ2) is 5.21. The average molecular weight is 273 g/mol. The van der Waals surface area contributed by atoms with Crippen molar-refractivity contribution >= 4 is 5.97 Å². The van der Waals surface area contributed by atoms with Gasteiger partial charge in [-0.05, 0) is 56.8 Å². The molecule has 1 saturated heterocycles. The van der Waals surface area contributed by atoms with Crippen molar-refractivity contribution in [1.29, 1.82) is 0 Å². The minimum atomic E-state index is -0.772. The third-order valence-corrected chi connectivity index (χ3v) is 4.97. The van der Waals surface area contributed by atoms with Crippen LogP contribution in [0.25, 0.3) is 0 Å². The van der Waals surface area contributed by atoms with E-state index in [4.69, 9.17) is 0 Å². The number of nitrogens with zero attached hydrogens (tertiary/aromatic N) is 1. The lowest BCUT2D eigenvalue weighted by Crippen LogP contribution is -2.51. The number of rotatable bonds is 2. The number of aryl methyl sites for hydroxylation is 2. The van der Waals surface area contributed by atoms with Crippen molar-refractivity contribution in [2.75, 3.05) is 13.1 Å². The van der Waals surface area contributed by atoms with Crippen LogP contribution in [0.1, 0.15) is 48.8 Å². The summed E-state index contributed by atoms with van der Waals surface area (Å²) < 4.78 is 0. The van der Waals surface area contributed by atoms with Crippen LogP contribution in [0.3, 0.4) is 0 Å². The molecule has 1 atom stereocenters. The maximum Gasteiger partial charge on any atom is 0.328 e. The second-order valence-corrected chi connectivity index (χ2v) is 6.23. The van der Waals surface area contributed by atoms with Crippen LogP contribution < -0.4 is 0 Å². The molecule has 1 unspecified atom stereocenters. The number of benzene rings is 1. The topological polar surface area (TPSA) is 40.5 Å². The normalized spacial score (nSPS) is 27.1. The molecule has 0 radical (unpaired) electrons. The monoisotopic (exact) mass is 273 g/mol. The van der Waals surface area contributed by atoms with Crippen LogP contribution in [0.2, 0.25) is 0 Å². The van der Waals surface area contributed by atoms with Gasteiger partial charge in [-0.2, -0.15) is 0 Å². The van der Waals surface area contributed by atoms with Gasteiger partial charge in [-0.1, -0.05) is 36.6 Å². The van der Waals surface area contributed by atoms with E-state index in [9.17, 15) is 9.90 Å². The van der Waals surface area contributed by atoms with Gasteiger partial charge in [-0.3, -0.25) is 4.90 Å². The Morgan fingerprint density at radius 3 is 2.55 bits per heavy atom. The number of hydrogen-bond acceptors (Lipinski definition) is 2. The van der Waals surface area contributed by atoms with Gasteiger partial charge >= 0.3 is 5.97 Å². The number of likely N-dealkylation sites (tertiary alicyclic amines) is 1. The van der Waals surface area contributed by atoms with E-state index in [1.54, 1.807) is 0 Å². The minimum Gasteiger partial charge on any atom is -0.480 e. The fourth-order valence-corrected chi connectivity index (χ4v) is 3.88. The summed E-state index contributed by atoms with van der Waals surface area (Å²) >= 11 is 0. The van der Waals surface area contributed by atoms with Crippen molar-refractivity contribution in [2.45, 2.75) is 51.0 Å². The molecule has 0 spiro atoms. The van der Waals surface area contributed by atoms with E-state index in [0.29, 0.717) is 0 Å². The molecule has 20 heavy (non-hydrogen) atoms. The van der Waals surface area contributed by atoms with Gasteiger partial charge in [-0.25, -0.2) is 4.79 Å². The van der Waals surface area contributed by atoms with Crippen LogP contribution in [-0.2, 0) is 16.8 Å². The fourth-order valence-electron chi connectivity index (χ4n) is 3.88. The average Bonchev–Trinajstić information content (AvgIpc) is 2.61. The molecule has 3 heteroatoms. The zero-order chi connectivity index (χ0) is 14.2. The Morgan fingerprint density at radius 2 is 1.90 bits per heavy atom. The highest BCUT2D eigenvalue weighted by atomic mass is 16.4. The summed E-state index contributed by atoms with van der Waals surface area (Å²) in [5.41, 5.74) is 2.66. The minimum absolute atomic E-state index is 0.663. The number of fused-ring (bicyclic) bond motifs is 1. The van der Waals surface area contributed by atoms with E-state index in [0.717, 1.165) is 49.9 Å². The van der Waals surface area contributed by atoms with Crippen molar-refractivity contribution in [3.63, 3.8) is 0 Å². The van der Waals surface area contributed by atoms with Crippen LogP contribution in [0, 0.1) is 6.92 Å². The van der Waals surface area contributed by atoms with Crippen molar-refractivity contribution in [3.8, 4) is 0 Å². The van der Waals surface area contributed by atoms with Gasteiger partial charge < -0.3 is 5.11 Å². The number of hydrogen-bond donors (Lipinski definition) is 1. The summed E-state index contributed by atoms with van der Waals surface area (Å²) in [6, 6.07) is 6.31. The summed E-state index contributed by atoms with van der Waals surface area (Å²) in [4.78, 5) is 14.4. The summed E-state index contributed by atoms with van der Waals surface area (Å²) in [7, 11) is 0. The van der Waals surface area contributed by atoms with Crippen LogP contribution in [0.5, 0.6) is 0 Å². The van der Waals surface area contributed by atoms with Gasteiger partial charge in [-0.15, -0.1) is 0 Å². The van der Waals surface area contributed by atoms with Crippen LogP contribution in [0.4, 0.5) is 0 Å². The Labute approximate surface area is 120 Å². The lowest BCUT2D eigenvalue weighted by Gasteiger charge is -2.38. The third kappa shape index (κ3) is 2.05. The molecule has 1 heterocycles. The highest BCUT2D eigenvalue weighted by molar-refractivity contribution is 5.82. The first kappa shape index (κ1) is 13.6. The van der Waals surface area contributed by atoms with Crippen molar-refractivity contribution in [3.05, 3.63) is 34.9 Å². The lowest BCUT2D eigenvalue weighted by atomic mass is 9.88. The van der Waals surface area contributed by atoms with Gasteiger partial charge in [0, 0.05) is 0 Å². The van der Waals surface area contributed by atoms with Crippen LogP contribution in [-0.4, -0.2) is 29.1 Å². The number of carboxylic acids is 1. The summed E-state index contributed by atoms with van der Waals surface area (Å²) in [5.74, 6) is -0.663. The van der Waals surface area contributed by atoms with Crippen molar-refractivity contribution in [1.82, 2.24) is 4.90 Å². The van der Waals surface area contributed by atoms with Crippen LogP contribution in [0.15, 0.2) is 18.2 Å². The van der Waals surface area contributed by atoms with E-state index in [1.807, 2.05) is 6.92 Å². The van der Waals surface area contributed by atoms with Crippen LogP contribution >= 0.6 is 0 Å². The van der Waals surface area contributed by atoms with Gasteiger partial charge in [0.05, 0.1) is 0 Å². The second-order valence-electron chi connectivity index (χ2n) is 6.23. The highest BCUT2D eigenvalue weighted by Gasteiger charge is 2.49. The molecule has 1 N–H and O–H groups in total. The zero-order valence-corrected chi connectivity index (χ0v) is 12.2. The Morgan fingerprint density at radius 1 is 1.20 bits per heavy atom. The summed E-state index contributed by atoms with van der Waals surface area (Å²) in [6.45, 7) is 3.88. The predicted octanol–water partition coefficient (Wildman–Crippen LogP) is 3.10. The van der Waals surface area contributed by atoms with E-state index in [1.165, 1.54) is 18.4 Å². The number of carboxylic acid groups (broad SMARTS) is 1. The van der Waals surface area contributed by atoms with Crippen molar-refractivity contribution in [2.24, 2.45) is 0 Å². The fraction of sp³-hybridized carbons (Fsp3) is 0.588.